The number of morpholine rings is 1. The second kappa shape index (κ2) is 6.01. The minimum absolute atomic E-state index is 0.103. The third kappa shape index (κ3) is 2.63. The molecule has 1 aliphatic rings. The van der Waals surface area contributed by atoms with E-state index in [9.17, 15) is 4.79 Å². The Balaban J connectivity index is 1.58. The third-order valence-electron chi connectivity index (χ3n) is 4.13. The molecular weight excluding hydrogens is 306 g/mol. The van der Waals surface area contributed by atoms with Gasteiger partial charge in [0.1, 0.15) is 6.10 Å². The van der Waals surface area contributed by atoms with E-state index in [-0.39, 0.29) is 12.0 Å². The molecule has 7 heteroatoms. The van der Waals surface area contributed by atoms with Crippen molar-refractivity contribution in [3.63, 3.8) is 0 Å². The fourth-order valence-corrected chi connectivity index (χ4v) is 2.89. The van der Waals surface area contributed by atoms with Crippen LogP contribution in [0.1, 0.15) is 28.1 Å². The first-order chi connectivity index (χ1) is 11.7. The number of aryl methyl sites for hydroxylation is 1. The van der Waals surface area contributed by atoms with Gasteiger partial charge in [0.05, 0.1) is 18.7 Å². The highest BCUT2D eigenvalue weighted by Crippen LogP contribution is 2.22. The lowest BCUT2D eigenvalue weighted by Crippen LogP contribution is -2.42. The lowest BCUT2D eigenvalue weighted by molar-refractivity contribution is -0.0270. The standard InChI is InChI=1S/C17H17N5O2/c1-11-6-7-18-16(19-11)14-10-22(8-9-24-14)17(23)15-12-4-2-3-5-13(12)20-21-15/h2-7,14H,8-10H2,1H3,(H,20,21)/t14-/m0/s1. The van der Waals surface area contributed by atoms with E-state index in [4.69, 9.17) is 4.74 Å². The summed E-state index contributed by atoms with van der Waals surface area (Å²) in [7, 11) is 0. The first kappa shape index (κ1) is 14.8. The highest BCUT2D eigenvalue weighted by Gasteiger charge is 2.29. The number of amides is 1. The van der Waals surface area contributed by atoms with Crippen LogP contribution in [0, 0.1) is 6.92 Å². The number of para-hydroxylation sites is 1. The normalized spacial score (nSPS) is 18.0. The molecule has 0 unspecified atom stereocenters. The van der Waals surface area contributed by atoms with Crippen LogP contribution in [0.2, 0.25) is 0 Å². The van der Waals surface area contributed by atoms with Crippen LogP contribution in [-0.4, -0.2) is 50.7 Å². The topological polar surface area (TPSA) is 84.0 Å². The number of hydrogen-bond donors (Lipinski definition) is 1. The van der Waals surface area contributed by atoms with Crippen LogP contribution >= 0.6 is 0 Å². The number of aromatic amines is 1. The summed E-state index contributed by atoms with van der Waals surface area (Å²) in [6, 6.07) is 9.45. The van der Waals surface area contributed by atoms with E-state index in [0.29, 0.717) is 31.2 Å². The predicted octanol–water partition coefficient (Wildman–Crippen LogP) is 1.88. The second-order valence-corrected chi connectivity index (χ2v) is 5.78. The summed E-state index contributed by atoms with van der Waals surface area (Å²) in [5, 5.41) is 7.93. The molecule has 7 nitrogen and oxygen atoms in total. The maximum atomic E-state index is 12.9. The molecule has 1 aromatic carbocycles. The molecule has 3 aromatic rings. The fourth-order valence-electron chi connectivity index (χ4n) is 2.89. The summed E-state index contributed by atoms with van der Waals surface area (Å²) in [6.07, 6.45) is 1.40. The molecule has 1 aliphatic heterocycles. The van der Waals surface area contributed by atoms with Crippen LogP contribution in [0.15, 0.2) is 36.5 Å². The van der Waals surface area contributed by atoms with Gasteiger partial charge < -0.3 is 9.64 Å². The van der Waals surface area contributed by atoms with Crippen LogP contribution in [0.4, 0.5) is 0 Å². The Bertz CT molecular complexity index is 891. The van der Waals surface area contributed by atoms with Crippen molar-refractivity contribution in [1.82, 2.24) is 25.1 Å². The Morgan fingerprint density at radius 1 is 1.33 bits per heavy atom. The molecule has 0 spiro atoms. The van der Waals surface area contributed by atoms with Gasteiger partial charge in [0.15, 0.2) is 11.5 Å². The minimum atomic E-state index is -0.312. The average Bonchev–Trinajstić information content (AvgIpc) is 3.05. The quantitative estimate of drug-likeness (QED) is 0.778. The first-order valence-electron chi connectivity index (χ1n) is 7.86. The fraction of sp³-hybridized carbons (Fsp3) is 0.294. The number of carbonyl (C=O) groups is 1. The summed E-state index contributed by atoms with van der Waals surface area (Å²) in [5.74, 6) is 0.507. The molecule has 1 amide bonds. The molecule has 24 heavy (non-hydrogen) atoms. The monoisotopic (exact) mass is 323 g/mol. The average molecular weight is 323 g/mol. The number of benzene rings is 1. The van der Waals surface area contributed by atoms with Crippen molar-refractivity contribution in [1.29, 1.82) is 0 Å². The summed E-state index contributed by atoms with van der Waals surface area (Å²) >= 11 is 0. The van der Waals surface area contributed by atoms with E-state index in [1.807, 2.05) is 37.3 Å². The smallest absolute Gasteiger partial charge is 0.275 e. The zero-order chi connectivity index (χ0) is 16.5. The summed E-state index contributed by atoms with van der Waals surface area (Å²) in [4.78, 5) is 23.3. The van der Waals surface area contributed by atoms with Crippen LogP contribution in [0.3, 0.4) is 0 Å². The second-order valence-electron chi connectivity index (χ2n) is 5.78. The first-order valence-corrected chi connectivity index (χ1v) is 7.86. The van der Waals surface area contributed by atoms with Gasteiger partial charge in [-0.2, -0.15) is 5.10 Å². The van der Waals surface area contributed by atoms with Crippen molar-refractivity contribution < 1.29 is 9.53 Å². The van der Waals surface area contributed by atoms with Gasteiger partial charge in [-0.3, -0.25) is 9.89 Å². The number of aromatic nitrogens is 4. The largest absolute Gasteiger partial charge is 0.367 e. The molecule has 1 fully saturated rings. The summed E-state index contributed by atoms with van der Waals surface area (Å²) in [6.45, 7) is 3.31. The number of ether oxygens (including phenoxy) is 1. The van der Waals surface area contributed by atoms with E-state index in [1.54, 1.807) is 11.1 Å². The molecule has 1 N–H and O–H groups in total. The molecule has 0 bridgehead atoms. The summed E-state index contributed by atoms with van der Waals surface area (Å²) in [5.41, 5.74) is 2.18. The number of rotatable bonds is 2. The Morgan fingerprint density at radius 3 is 3.08 bits per heavy atom. The molecule has 4 rings (SSSR count). The van der Waals surface area contributed by atoms with Crippen molar-refractivity contribution >= 4 is 16.8 Å². The molecule has 0 radical (unpaired) electrons. The maximum Gasteiger partial charge on any atom is 0.275 e. The van der Waals surface area contributed by atoms with Crippen molar-refractivity contribution in [3.8, 4) is 0 Å². The van der Waals surface area contributed by atoms with Crippen LogP contribution in [0.25, 0.3) is 10.9 Å². The Hall–Kier alpha value is -2.80. The molecular formula is C17H17N5O2. The Kier molecular flexibility index (Phi) is 3.70. The van der Waals surface area contributed by atoms with E-state index in [2.05, 4.69) is 20.2 Å². The van der Waals surface area contributed by atoms with Crippen molar-refractivity contribution in [2.45, 2.75) is 13.0 Å². The van der Waals surface area contributed by atoms with E-state index in [0.717, 1.165) is 16.6 Å². The third-order valence-corrected chi connectivity index (χ3v) is 4.13. The van der Waals surface area contributed by atoms with Crippen LogP contribution < -0.4 is 0 Å². The number of fused-ring (bicyclic) bond motifs is 1. The maximum absolute atomic E-state index is 12.9. The van der Waals surface area contributed by atoms with Crippen molar-refractivity contribution in [2.75, 3.05) is 19.7 Å². The molecule has 1 atom stereocenters. The minimum Gasteiger partial charge on any atom is -0.367 e. The molecule has 3 heterocycles. The van der Waals surface area contributed by atoms with Crippen molar-refractivity contribution in [2.24, 2.45) is 0 Å². The van der Waals surface area contributed by atoms with Gasteiger partial charge in [-0.25, -0.2) is 9.97 Å². The lowest BCUT2D eigenvalue weighted by Gasteiger charge is -2.31. The molecule has 0 saturated carbocycles. The van der Waals surface area contributed by atoms with Gasteiger partial charge in [-0.05, 0) is 19.1 Å². The number of hydrogen-bond acceptors (Lipinski definition) is 5. The number of H-pyrrole nitrogens is 1. The number of carbonyl (C=O) groups excluding carboxylic acids is 1. The van der Waals surface area contributed by atoms with E-state index >= 15 is 0 Å². The Labute approximate surface area is 138 Å². The molecule has 0 aliphatic carbocycles. The Morgan fingerprint density at radius 2 is 2.21 bits per heavy atom. The van der Waals surface area contributed by atoms with Crippen LogP contribution in [0.5, 0.6) is 0 Å². The molecule has 2 aromatic heterocycles. The summed E-state index contributed by atoms with van der Waals surface area (Å²) < 4.78 is 5.76. The molecule has 1 saturated heterocycles. The van der Waals surface area contributed by atoms with Gasteiger partial charge >= 0.3 is 0 Å². The lowest BCUT2D eigenvalue weighted by atomic mass is 10.1. The van der Waals surface area contributed by atoms with Gasteiger partial charge in [0.25, 0.3) is 5.91 Å². The highest BCUT2D eigenvalue weighted by atomic mass is 16.5. The van der Waals surface area contributed by atoms with Gasteiger partial charge in [-0.1, -0.05) is 18.2 Å². The van der Waals surface area contributed by atoms with Gasteiger partial charge in [0.2, 0.25) is 0 Å². The SMILES string of the molecule is Cc1ccnc([C@@H]2CN(C(=O)c3n[nH]c4ccccc34)CCO2)n1. The van der Waals surface area contributed by atoms with Gasteiger partial charge in [-0.15, -0.1) is 0 Å². The highest BCUT2D eigenvalue weighted by molar-refractivity contribution is 6.04. The number of nitrogens with one attached hydrogen (secondary N) is 1. The van der Waals surface area contributed by atoms with Gasteiger partial charge in [0, 0.05) is 23.8 Å². The zero-order valence-corrected chi connectivity index (χ0v) is 13.3. The van der Waals surface area contributed by atoms with E-state index < -0.39 is 0 Å². The predicted molar refractivity (Wildman–Crippen MR) is 87.5 cm³/mol. The van der Waals surface area contributed by atoms with E-state index in [1.165, 1.54) is 0 Å². The zero-order valence-electron chi connectivity index (χ0n) is 13.3. The van der Waals surface area contributed by atoms with Crippen molar-refractivity contribution in [3.05, 3.63) is 53.7 Å². The number of nitrogens with zero attached hydrogens (tertiary/aromatic N) is 4. The van der Waals surface area contributed by atoms with Crippen LogP contribution in [-0.2, 0) is 4.74 Å². The molecule has 122 valence electrons.